The molecular formula is C18H13Cl2F3N6OS. The first kappa shape index (κ1) is 21.6. The molecule has 0 bridgehead atoms. The Hall–Kier alpha value is -2.63. The number of aromatic nitrogens is 5. The monoisotopic (exact) mass is 488 g/mol. The lowest BCUT2D eigenvalue weighted by atomic mass is 10.2. The summed E-state index contributed by atoms with van der Waals surface area (Å²) in [6.45, 7) is 2.41. The van der Waals surface area contributed by atoms with E-state index in [4.69, 9.17) is 23.2 Å². The average Bonchev–Trinajstić information content (AvgIpc) is 3.44. The molecule has 4 aromatic rings. The predicted octanol–water partition coefficient (Wildman–Crippen LogP) is 4.93. The summed E-state index contributed by atoms with van der Waals surface area (Å²) in [4.78, 5) is 17.3. The van der Waals surface area contributed by atoms with E-state index in [1.165, 1.54) is 11.3 Å². The molecule has 0 aromatic carbocycles. The van der Waals surface area contributed by atoms with E-state index in [0.717, 1.165) is 6.07 Å². The van der Waals surface area contributed by atoms with Crippen LogP contribution in [0.2, 0.25) is 10.0 Å². The minimum Gasteiger partial charge on any atom is -0.345 e. The van der Waals surface area contributed by atoms with Crippen LogP contribution in [0.25, 0.3) is 16.2 Å². The number of aryl methyl sites for hydroxylation is 1. The van der Waals surface area contributed by atoms with E-state index in [2.05, 4.69) is 20.5 Å². The number of halogens is 5. The number of nitrogens with one attached hydrogen (secondary N) is 1. The van der Waals surface area contributed by atoms with Crippen LogP contribution >= 0.6 is 34.5 Å². The molecular weight excluding hydrogens is 476 g/mol. The lowest BCUT2D eigenvalue weighted by Crippen LogP contribution is -2.24. The number of rotatable bonds is 5. The molecule has 7 nitrogen and oxygen atoms in total. The third-order valence-corrected chi connectivity index (χ3v) is 5.90. The van der Waals surface area contributed by atoms with Gasteiger partial charge >= 0.3 is 6.18 Å². The molecule has 0 aliphatic heterocycles. The first-order valence-corrected chi connectivity index (χ1v) is 10.5. The fourth-order valence-electron chi connectivity index (χ4n) is 2.86. The quantitative estimate of drug-likeness (QED) is 0.432. The number of fused-ring (bicyclic) bond motifs is 1. The second-order valence-electron chi connectivity index (χ2n) is 6.36. The topological polar surface area (TPSA) is 77.1 Å². The smallest absolute Gasteiger partial charge is 0.345 e. The molecule has 0 atom stereocenters. The lowest BCUT2D eigenvalue weighted by Gasteiger charge is -2.10. The van der Waals surface area contributed by atoms with E-state index in [0.29, 0.717) is 26.7 Å². The minimum absolute atomic E-state index is 0.0468. The van der Waals surface area contributed by atoms with Gasteiger partial charge in [0.15, 0.2) is 17.0 Å². The molecule has 4 aromatic heterocycles. The molecule has 0 saturated heterocycles. The van der Waals surface area contributed by atoms with E-state index >= 15 is 0 Å². The van der Waals surface area contributed by atoms with Gasteiger partial charge in [-0.05, 0) is 24.4 Å². The zero-order valence-corrected chi connectivity index (χ0v) is 18.1. The van der Waals surface area contributed by atoms with Gasteiger partial charge in [0.25, 0.3) is 5.91 Å². The van der Waals surface area contributed by atoms with Crippen molar-refractivity contribution in [2.45, 2.75) is 26.2 Å². The van der Waals surface area contributed by atoms with Crippen LogP contribution < -0.4 is 5.32 Å². The fraction of sp³-hybridized carbons (Fsp3) is 0.222. The number of hydrogen-bond acceptors (Lipinski definition) is 5. The van der Waals surface area contributed by atoms with Gasteiger partial charge in [0, 0.05) is 12.7 Å². The summed E-state index contributed by atoms with van der Waals surface area (Å²) >= 11 is 13.5. The maximum atomic E-state index is 13.7. The van der Waals surface area contributed by atoms with Crippen molar-refractivity contribution < 1.29 is 18.0 Å². The zero-order chi connectivity index (χ0) is 22.3. The van der Waals surface area contributed by atoms with Crippen LogP contribution in [0.1, 0.15) is 28.8 Å². The van der Waals surface area contributed by atoms with E-state index < -0.39 is 17.8 Å². The Morgan fingerprint density at radius 2 is 2.06 bits per heavy atom. The number of nitrogens with zero attached hydrogens (tertiary/aromatic N) is 5. The SMILES string of the molecule is CCn1cc(Cl)c(CNC(=O)c2nn3c(C(F)(F)F)cc(-c4cccs4)nc3c2Cl)n1. The molecule has 0 spiro atoms. The predicted molar refractivity (Wildman–Crippen MR) is 110 cm³/mol. The zero-order valence-electron chi connectivity index (χ0n) is 15.7. The molecule has 4 rings (SSSR count). The van der Waals surface area contributed by atoms with Crippen molar-refractivity contribution in [2.24, 2.45) is 0 Å². The van der Waals surface area contributed by atoms with Crippen LogP contribution in [0.4, 0.5) is 13.2 Å². The Morgan fingerprint density at radius 1 is 1.29 bits per heavy atom. The highest BCUT2D eigenvalue weighted by molar-refractivity contribution is 7.13. The number of carbonyl (C=O) groups is 1. The summed E-state index contributed by atoms with van der Waals surface area (Å²) in [5, 5.41) is 12.3. The van der Waals surface area contributed by atoms with Crippen molar-refractivity contribution in [3.63, 3.8) is 0 Å². The van der Waals surface area contributed by atoms with Gasteiger partial charge < -0.3 is 5.32 Å². The van der Waals surface area contributed by atoms with Crippen molar-refractivity contribution in [1.29, 1.82) is 0 Å². The van der Waals surface area contributed by atoms with Crippen molar-refractivity contribution >= 4 is 46.1 Å². The highest BCUT2D eigenvalue weighted by atomic mass is 35.5. The van der Waals surface area contributed by atoms with Gasteiger partial charge in [-0.3, -0.25) is 9.48 Å². The summed E-state index contributed by atoms with van der Waals surface area (Å²) in [5.41, 5.74) is -1.25. The number of amides is 1. The van der Waals surface area contributed by atoms with E-state index in [1.54, 1.807) is 28.4 Å². The molecule has 162 valence electrons. The number of thiophene rings is 1. The maximum Gasteiger partial charge on any atom is 0.433 e. The van der Waals surface area contributed by atoms with Crippen molar-refractivity contribution in [1.82, 2.24) is 29.7 Å². The summed E-state index contributed by atoms with van der Waals surface area (Å²) in [7, 11) is 0. The molecule has 31 heavy (non-hydrogen) atoms. The minimum atomic E-state index is -4.74. The van der Waals surface area contributed by atoms with Crippen LogP contribution in [-0.4, -0.2) is 30.3 Å². The van der Waals surface area contributed by atoms with Gasteiger partial charge in [-0.1, -0.05) is 29.3 Å². The first-order valence-electron chi connectivity index (χ1n) is 8.89. The van der Waals surface area contributed by atoms with Crippen LogP contribution in [0.5, 0.6) is 0 Å². The van der Waals surface area contributed by atoms with Crippen LogP contribution in [0.3, 0.4) is 0 Å². The van der Waals surface area contributed by atoms with Gasteiger partial charge in [-0.2, -0.15) is 23.4 Å². The van der Waals surface area contributed by atoms with E-state index in [-0.39, 0.29) is 28.6 Å². The second-order valence-corrected chi connectivity index (χ2v) is 8.09. The summed E-state index contributed by atoms with van der Waals surface area (Å²) in [6, 6.07) is 4.21. The maximum absolute atomic E-state index is 13.7. The van der Waals surface area contributed by atoms with Gasteiger partial charge in [0.2, 0.25) is 0 Å². The van der Waals surface area contributed by atoms with Gasteiger partial charge in [-0.25, -0.2) is 9.50 Å². The van der Waals surface area contributed by atoms with Gasteiger partial charge in [0.05, 0.1) is 22.1 Å². The lowest BCUT2D eigenvalue weighted by molar-refractivity contribution is -0.142. The van der Waals surface area contributed by atoms with Crippen LogP contribution in [0.15, 0.2) is 29.8 Å². The molecule has 4 heterocycles. The summed E-state index contributed by atoms with van der Waals surface area (Å²) in [6.07, 6.45) is -3.14. The third-order valence-electron chi connectivity index (χ3n) is 4.34. The summed E-state index contributed by atoms with van der Waals surface area (Å²) in [5.74, 6) is -0.775. The first-order chi connectivity index (χ1) is 14.7. The third kappa shape index (κ3) is 4.12. The second kappa shape index (κ2) is 8.13. The van der Waals surface area contributed by atoms with Crippen molar-refractivity contribution in [2.75, 3.05) is 0 Å². The van der Waals surface area contributed by atoms with Crippen molar-refractivity contribution in [3.8, 4) is 10.6 Å². The molecule has 13 heteroatoms. The summed E-state index contributed by atoms with van der Waals surface area (Å²) < 4.78 is 43.2. The molecule has 1 amide bonds. The molecule has 0 aliphatic rings. The number of hydrogen-bond donors (Lipinski definition) is 1. The Morgan fingerprint density at radius 3 is 2.68 bits per heavy atom. The Balaban J connectivity index is 1.72. The van der Waals surface area contributed by atoms with E-state index in [1.807, 2.05) is 6.92 Å². The molecule has 1 N–H and O–H groups in total. The van der Waals surface area contributed by atoms with Gasteiger partial charge in [0.1, 0.15) is 10.7 Å². The standard InChI is InChI=1S/C18H13Cl2F3N6OS/c1-2-28-8-9(19)11(26-28)7-24-17(30)15-14(20)16-25-10(12-4-3-5-31-12)6-13(18(21,22)23)29(16)27-15/h3-6,8H,2,7H2,1H3,(H,24,30). The highest BCUT2D eigenvalue weighted by Crippen LogP contribution is 2.35. The number of carbonyl (C=O) groups excluding carboxylic acids is 1. The normalized spacial score (nSPS) is 11.9. The van der Waals surface area contributed by atoms with Crippen LogP contribution in [0, 0.1) is 0 Å². The molecule has 0 unspecified atom stereocenters. The number of alkyl halides is 3. The molecule has 0 saturated carbocycles. The molecule has 0 radical (unpaired) electrons. The molecule has 0 fully saturated rings. The van der Waals surface area contributed by atoms with Crippen molar-refractivity contribution in [3.05, 3.63) is 56.9 Å². The van der Waals surface area contributed by atoms with Gasteiger partial charge in [-0.15, -0.1) is 11.3 Å². The Bertz CT molecular complexity index is 1270. The molecule has 0 aliphatic carbocycles. The van der Waals surface area contributed by atoms with Crippen LogP contribution in [-0.2, 0) is 19.3 Å². The average molecular weight is 489 g/mol. The Labute approximate surface area is 187 Å². The fourth-order valence-corrected chi connectivity index (χ4v) is 4.01. The largest absolute Gasteiger partial charge is 0.433 e. The van der Waals surface area contributed by atoms with E-state index in [9.17, 15) is 18.0 Å². The highest BCUT2D eigenvalue weighted by Gasteiger charge is 2.36. The Kier molecular flexibility index (Phi) is 5.67.